The third-order valence-corrected chi connectivity index (χ3v) is 5.32. The van der Waals surface area contributed by atoms with Gasteiger partial charge in [-0.1, -0.05) is 50.8 Å². The van der Waals surface area contributed by atoms with Gasteiger partial charge in [0.1, 0.15) is 5.54 Å². The van der Waals surface area contributed by atoms with E-state index in [2.05, 4.69) is 28.5 Å². The fourth-order valence-electron chi connectivity index (χ4n) is 2.96. The van der Waals surface area contributed by atoms with E-state index in [9.17, 15) is 14.9 Å². The molecule has 1 fully saturated rings. The van der Waals surface area contributed by atoms with Crippen LogP contribution in [0, 0.1) is 11.3 Å². The summed E-state index contributed by atoms with van der Waals surface area (Å²) >= 11 is 1.23. The molecule has 2 N–H and O–H groups in total. The molecule has 0 bridgehead atoms. The molecule has 132 valence electrons. The van der Waals surface area contributed by atoms with Crippen molar-refractivity contribution in [2.45, 2.75) is 75.5 Å². The van der Waals surface area contributed by atoms with Crippen molar-refractivity contribution >= 4 is 17.7 Å². The van der Waals surface area contributed by atoms with E-state index in [1.807, 2.05) is 0 Å². The van der Waals surface area contributed by atoms with Gasteiger partial charge in [0.05, 0.1) is 11.8 Å². The van der Waals surface area contributed by atoms with Gasteiger partial charge >= 0.3 is 5.69 Å². The molecule has 1 amide bonds. The number of H-pyrrole nitrogens is 1. The molecule has 0 aliphatic heterocycles. The first kappa shape index (κ1) is 18.6. The van der Waals surface area contributed by atoms with Crippen LogP contribution in [0.3, 0.4) is 0 Å². The van der Waals surface area contributed by atoms with Gasteiger partial charge in [-0.15, -0.1) is 5.10 Å². The molecule has 1 aliphatic carbocycles. The first-order valence-corrected chi connectivity index (χ1v) is 9.59. The third kappa shape index (κ3) is 4.87. The summed E-state index contributed by atoms with van der Waals surface area (Å²) in [7, 11) is 0. The Morgan fingerprint density at radius 1 is 1.42 bits per heavy atom. The summed E-state index contributed by atoms with van der Waals surface area (Å²) in [4.78, 5) is 24.0. The monoisotopic (exact) mass is 351 g/mol. The van der Waals surface area contributed by atoms with E-state index in [0.29, 0.717) is 24.5 Å². The number of unbranched alkanes of at least 4 members (excludes halogenated alkanes) is 1. The Balaban J connectivity index is 1.93. The van der Waals surface area contributed by atoms with Crippen molar-refractivity contribution in [3.63, 3.8) is 0 Å². The zero-order valence-electron chi connectivity index (χ0n) is 14.1. The molecule has 0 aromatic carbocycles. The van der Waals surface area contributed by atoms with Crippen LogP contribution in [0.15, 0.2) is 9.95 Å². The molecular weight excluding hydrogens is 326 g/mol. The number of carbonyl (C=O) groups excluding carboxylic acids is 1. The van der Waals surface area contributed by atoms with E-state index in [0.717, 1.165) is 38.5 Å². The lowest BCUT2D eigenvalue weighted by atomic mass is 9.92. The largest absolute Gasteiger partial charge is 0.343 e. The highest BCUT2D eigenvalue weighted by atomic mass is 32.2. The second kappa shape index (κ2) is 8.92. The summed E-state index contributed by atoms with van der Waals surface area (Å²) in [5, 5.41) is 19.4. The number of nitrogens with one attached hydrogen (secondary N) is 2. The number of thioether (sulfide) groups is 1. The molecule has 8 heteroatoms. The molecule has 0 saturated heterocycles. The number of hydrogen-bond acceptors (Lipinski definition) is 5. The number of rotatable bonds is 7. The number of aromatic amines is 1. The fourth-order valence-corrected chi connectivity index (χ4v) is 3.73. The summed E-state index contributed by atoms with van der Waals surface area (Å²) in [5.74, 6) is -0.0271. The van der Waals surface area contributed by atoms with Crippen LogP contribution in [0.25, 0.3) is 0 Å². The highest BCUT2D eigenvalue weighted by Crippen LogP contribution is 2.27. The maximum absolute atomic E-state index is 12.3. The Hall–Kier alpha value is -1.75. The molecule has 7 nitrogen and oxygen atoms in total. The lowest BCUT2D eigenvalue weighted by Crippen LogP contribution is -2.47. The molecule has 1 aliphatic rings. The fraction of sp³-hybridized carbons (Fsp3) is 0.750. The van der Waals surface area contributed by atoms with Crippen LogP contribution in [-0.2, 0) is 11.3 Å². The van der Waals surface area contributed by atoms with Gasteiger partial charge in [0.15, 0.2) is 5.16 Å². The summed E-state index contributed by atoms with van der Waals surface area (Å²) < 4.78 is 1.56. The van der Waals surface area contributed by atoms with Gasteiger partial charge in [0, 0.05) is 6.54 Å². The third-order valence-electron chi connectivity index (χ3n) is 4.34. The first-order valence-electron chi connectivity index (χ1n) is 8.60. The van der Waals surface area contributed by atoms with Crippen molar-refractivity contribution in [2.75, 3.05) is 5.75 Å². The maximum Gasteiger partial charge on any atom is 0.343 e. The van der Waals surface area contributed by atoms with E-state index >= 15 is 0 Å². The quantitative estimate of drug-likeness (QED) is 0.579. The minimum absolute atomic E-state index is 0.153. The molecule has 1 heterocycles. The maximum atomic E-state index is 12.3. The second-order valence-electron chi connectivity index (χ2n) is 6.26. The van der Waals surface area contributed by atoms with Crippen molar-refractivity contribution in [2.24, 2.45) is 0 Å². The normalized spacial score (nSPS) is 17.0. The number of amides is 1. The number of aromatic nitrogens is 3. The van der Waals surface area contributed by atoms with E-state index in [1.54, 1.807) is 4.57 Å². The zero-order valence-corrected chi connectivity index (χ0v) is 15.0. The van der Waals surface area contributed by atoms with Gasteiger partial charge < -0.3 is 5.32 Å². The Morgan fingerprint density at radius 2 is 2.12 bits per heavy atom. The van der Waals surface area contributed by atoms with Crippen LogP contribution in [0.1, 0.15) is 58.3 Å². The topological polar surface area (TPSA) is 104 Å². The molecule has 24 heavy (non-hydrogen) atoms. The van der Waals surface area contributed by atoms with Gasteiger partial charge in [-0.05, 0) is 19.3 Å². The molecule has 0 radical (unpaired) electrons. The van der Waals surface area contributed by atoms with Crippen molar-refractivity contribution in [1.29, 1.82) is 5.26 Å². The molecule has 2 rings (SSSR count). The number of nitrogens with zero attached hydrogens (tertiary/aromatic N) is 3. The van der Waals surface area contributed by atoms with E-state index in [-0.39, 0.29) is 17.3 Å². The standard InChI is InChI=1S/C16H25N5O2S/c1-2-3-10-21-14(23)19-20-15(21)24-11-13(22)18-16(12-17)8-6-4-5-7-9-16/h2-11H2,1H3,(H,18,22)(H,19,23). The number of nitriles is 1. The minimum Gasteiger partial charge on any atom is -0.337 e. The van der Waals surface area contributed by atoms with Gasteiger partial charge in [0.25, 0.3) is 0 Å². The zero-order chi connectivity index (χ0) is 17.4. The van der Waals surface area contributed by atoms with Crippen molar-refractivity contribution in [1.82, 2.24) is 20.1 Å². The first-order chi connectivity index (χ1) is 11.6. The summed E-state index contributed by atoms with van der Waals surface area (Å²) in [6.45, 7) is 2.65. The summed E-state index contributed by atoms with van der Waals surface area (Å²) in [6.07, 6.45) is 7.46. The highest BCUT2D eigenvalue weighted by Gasteiger charge is 2.32. The number of carbonyl (C=O) groups is 1. The van der Waals surface area contributed by atoms with Gasteiger partial charge in [0.2, 0.25) is 5.91 Å². The summed E-state index contributed by atoms with van der Waals surface area (Å²) in [5.41, 5.74) is -0.981. The Morgan fingerprint density at radius 3 is 2.75 bits per heavy atom. The van der Waals surface area contributed by atoms with Crippen LogP contribution in [0.4, 0.5) is 0 Å². The van der Waals surface area contributed by atoms with Gasteiger partial charge in [-0.2, -0.15) is 5.26 Å². The molecule has 0 unspecified atom stereocenters. The van der Waals surface area contributed by atoms with E-state index < -0.39 is 5.54 Å². The van der Waals surface area contributed by atoms with Gasteiger partial charge in [-0.25, -0.2) is 9.89 Å². The van der Waals surface area contributed by atoms with Crippen LogP contribution >= 0.6 is 11.8 Å². The lowest BCUT2D eigenvalue weighted by Gasteiger charge is -2.26. The van der Waals surface area contributed by atoms with Crippen molar-refractivity contribution in [3.05, 3.63) is 10.5 Å². The Labute approximate surface area is 146 Å². The van der Waals surface area contributed by atoms with Crippen molar-refractivity contribution < 1.29 is 4.79 Å². The van der Waals surface area contributed by atoms with Crippen LogP contribution in [-0.4, -0.2) is 32.0 Å². The molecule has 0 spiro atoms. The Bertz CT molecular complexity index is 638. The summed E-state index contributed by atoms with van der Waals surface area (Å²) in [6, 6.07) is 2.31. The van der Waals surface area contributed by atoms with Crippen LogP contribution < -0.4 is 11.0 Å². The molecule has 1 aromatic rings. The predicted molar refractivity (Wildman–Crippen MR) is 92.7 cm³/mol. The average molecular weight is 351 g/mol. The van der Waals surface area contributed by atoms with Gasteiger partial charge in [-0.3, -0.25) is 9.36 Å². The minimum atomic E-state index is -0.735. The molecular formula is C16H25N5O2S. The van der Waals surface area contributed by atoms with E-state index in [1.165, 1.54) is 11.8 Å². The second-order valence-corrected chi connectivity index (χ2v) is 7.20. The van der Waals surface area contributed by atoms with Crippen LogP contribution in [0.2, 0.25) is 0 Å². The average Bonchev–Trinajstić information content (AvgIpc) is 2.78. The predicted octanol–water partition coefficient (Wildman–Crippen LogP) is 2.20. The molecule has 0 atom stereocenters. The SMILES string of the molecule is CCCCn1c(SCC(=O)NC2(C#N)CCCCCC2)n[nH]c1=O. The Kier molecular flexibility index (Phi) is 6.91. The smallest absolute Gasteiger partial charge is 0.337 e. The van der Waals surface area contributed by atoms with Crippen LogP contribution in [0.5, 0.6) is 0 Å². The molecule has 1 aromatic heterocycles. The van der Waals surface area contributed by atoms with Crippen molar-refractivity contribution in [3.8, 4) is 6.07 Å². The highest BCUT2D eigenvalue weighted by molar-refractivity contribution is 7.99. The number of hydrogen-bond donors (Lipinski definition) is 2. The van der Waals surface area contributed by atoms with E-state index in [4.69, 9.17) is 0 Å². The molecule has 1 saturated carbocycles. The lowest BCUT2D eigenvalue weighted by molar-refractivity contribution is -0.120.